The van der Waals surface area contributed by atoms with Crippen LogP contribution in [-0.2, 0) is 11.0 Å². The Hall–Kier alpha value is -2.24. The smallest absolute Gasteiger partial charge is 0.362 e. The lowest BCUT2D eigenvalue weighted by Gasteiger charge is -2.25. The number of benzene rings is 1. The molecule has 0 aromatic heterocycles. The summed E-state index contributed by atoms with van der Waals surface area (Å²) in [4.78, 5) is 13.6. The molecule has 0 bridgehead atoms. The van der Waals surface area contributed by atoms with Gasteiger partial charge in [-0.05, 0) is 24.6 Å². The Morgan fingerprint density at radius 1 is 1.26 bits per heavy atom. The van der Waals surface area contributed by atoms with E-state index in [-0.39, 0.29) is 18.0 Å². The lowest BCUT2D eigenvalue weighted by molar-refractivity contribution is -0.137. The first-order chi connectivity index (χ1) is 10.8. The van der Waals surface area contributed by atoms with Gasteiger partial charge in [-0.25, -0.2) is 0 Å². The fourth-order valence-corrected chi connectivity index (χ4v) is 2.11. The largest absolute Gasteiger partial charge is 0.416 e. The molecule has 0 aliphatic rings. The zero-order valence-electron chi connectivity index (χ0n) is 13.1. The van der Waals surface area contributed by atoms with Gasteiger partial charge in [-0.1, -0.05) is 19.1 Å². The number of anilines is 2. The molecule has 23 heavy (non-hydrogen) atoms. The van der Waals surface area contributed by atoms with E-state index in [9.17, 15) is 18.0 Å². The number of amides is 1. The maximum atomic E-state index is 12.9. The van der Waals surface area contributed by atoms with Gasteiger partial charge in [-0.15, -0.1) is 13.2 Å². The number of nitrogens with zero attached hydrogens (tertiary/aromatic N) is 1. The van der Waals surface area contributed by atoms with Gasteiger partial charge >= 0.3 is 6.18 Å². The molecule has 0 saturated carbocycles. The van der Waals surface area contributed by atoms with Crippen LogP contribution in [0.15, 0.2) is 43.5 Å². The van der Waals surface area contributed by atoms with Gasteiger partial charge in [0.05, 0.1) is 16.9 Å². The van der Waals surface area contributed by atoms with Crippen molar-refractivity contribution in [2.45, 2.75) is 25.9 Å². The number of nitrogens with one attached hydrogen (secondary N) is 1. The van der Waals surface area contributed by atoms with Crippen molar-refractivity contribution < 1.29 is 18.0 Å². The van der Waals surface area contributed by atoms with E-state index in [4.69, 9.17) is 0 Å². The van der Waals surface area contributed by atoms with E-state index in [2.05, 4.69) is 18.5 Å². The molecular weight excluding hydrogens is 305 g/mol. The summed E-state index contributed by atoms with van der Waals surface area (Å²) in [5.74, 6) is -0.315. The van der Waals surface area contributed by atoms with Crippen molar-refractivity contribution in [3.8, 4) is 0 Å². The molecule has 1 rings (SSSR count). The second-order valence-electron chi connectivity index (χ2n) is 5.01. The predicted octanol–water partition coefficient (Wildman–Crippen LogP) is 4.62. The highest BCUT2D eigenvalue weighted by molar-refractivity contribution is 5.94. The molecule has 0 aliphatic carbocycles. The Kier molecular flexibility index (Phi) is 6.88. The molecule has 0 fully saturated rings. The highest BCUT2D eigenvalue weighted by Crippen LogP contribution is 2.35. The number of hydrogen-bond donors (Lipinski definition) is 1. The number of alkyl halides is 3. The SMILES string of the molecule is C=CCN(CC=C)c1ccc(C(F)(F)F)cc1NC(=O)CCC. The van der Waals surface area contributed by atoms with Gasteiger partial charge in [0.25, 0.3) is 0 Å². The number of halogens is 3. The van der Waals surface area contributed by atoms with Crippen LogP contribution in [0.5, 0.6) is 0 Å². The van der Waals surface area contributed by atoms with Crippen molar-refractivity contribution in [2.24, 2.45) is 0 Å². The zero-order valence-corrected chi connectivity index (χ0v) is 13.1. The molecule has 1 aromatic carbocycles. The first-order valence-electron chi connectivity index (χ1n) is 7.31. The van der Waals surface area contributed by atoms with E-state index in [0.717, 1.165) is 12.1 Å². The summed E-state index contributed by atoms with van der Waals surface area (Å²) in [7, 11) is 0. The molecular formula is C17H21F3N2O. The third kappa shape index (κ3) is 5.47. The van der Waals surface area contributed by atoms with Crippen LogP contribution in [0.25, 0.3) is 0 Å². The minimum atomic E-state index is -4.47. The van der Waals surface area contributed by atoms with Crippen LogP contribution in [0.3, 0.4) is 0 Å². The Balaban J connectivity index is 3.28. The lowest BCUT2D eigenvalue weighted by Crippen LogP contribution is -2.25. The maximum Gasteiger partial charge on any atom is 0.416 e. The van der Waals surface area contributed by atoms with Crippen LogP contribution >= 0.6 is 0 Å². The third-order valence-corrected chi connectivity index (χ3v) is 3.11. The summed E-state index contributed by atoms with van der Waals surface area (Å²) >= 11 is 0. The number of carbonyl (C=O) groups excluding carboxylic acids is 1. The van der Waals surface area contributed by atoms with E-state index in [0.29, 0.717) is 25.2 Å². The Labute approximate surface area is 134 Å². The molecule has 1 N–H and O–H groups in total. The van der Waals surface area contributed by atoms with Crippen molar-refractivity contribution in [1.29, 1.82) is 0 Å². The summed E-state index contributed by atoms with van der Waals surface area (Å²) in [6.45, 7) is 9.96. The van der Waals surface area contributed by atoms with E-state index in [1.807, 2.05) is 6.92 Å². The minimum Gasteiger partial charge on any atom is -0.362 e. The standard InChI is InChI=1S/C17H21F3N2O/c1-4-7-16(23)21-14-12-13(17(18,19)20)8-9-15(14)22(10-5-2)11-6-3/h5-6,8-9,12H,2-4,7,10-11H2,1H3,(H,21,23). The van der Waals surface area contributed by atoms with Gasteiger partial charge in [-0.2, -0.15) is 13.2 Å². The molecule has 3 nitrogen and oxygen atoms in total. The Bertz CT molecular complexity index is 557. The van der Waals surface area contributed by atoms with Crippen molar-refractivity contribution in [3.63, 3.8) is 0 Å². The lowest BCUT2D eigenvalue weighted by atomic mass is 10.1. The molecule has 126 valence electrons. The van der Waals surface area contributed by atoms with Gasteiger partial charge in [0.2, 0.25) is 5.91 Å². The summed E-state index contributed by atoms with van der Waals surface area (Å²) in [5, 5.41) is 2.57. The predicted molar refractivity (Wildman–Crippen MR) is 87.6 cm³/mol. The van der Waals surface area contributed by atoms with E-state index >= 15 is 0 Å². The van der Waals surface area contributed by atoms with Gasteiger partial charge in [0.1, 0.15) is 0 Å². The summed E-state index contributed by atoms with van der Waals surface area (Å²) in [6.07, 6.45) is -0.330. The van der Waals surface area contributed by atoms with Crippen LogP contribution in [0.2, 0.25) is 0 Å². The first-order valence-corrected chi connectivity index (χ1v) is 7.31. The van der Waals surface area contributed by atoms with Crippen molar-refractivity contribution in [1.82, 2.24) is 0 Å². The second-order valence-corrected chi connectivity index (χ2v) is 5.01. The van der Waals surface area contributed by atoms with E-state index in [1.54, 1.807) is 17.1 Å². The molecule has 1 amide bonds. The zero-order chi connectivity index (χ0) is 17.5. The first kappa shape index (κ1) is 18.8. The van der Waals surface area contributed by atoms with Crippen LogP contribution in [-0.4, -0.2) is 19.0 Å². The topological polar surface area (TPSA) is 32.3 Å². The van der Waals surface area contributed by atoms with Crippen molar-refractivity contribution in [3.05, 3.63) is 49.1 Å². The number of carbonyl (C=O) groups is 1. The molecule has 0 radical (unpaired) electrons. The highest BCUT2D eigenvalue weighted by atomic mass is 19.4. The third-order valence-electron chi connectivity index (χ3n) is 3.11. The Morgan fingerprint density at radius 2 is 1.87 bits per heavy atom. The molecule has 0 saturated heterocycles. The van der Waals surface area contributed by atoms with Gasteiger partial charge in [0.15, 0.2) is 0 Å². The fraction of sp³-hybridized carbons (Fsp3) is 0.353. The normalized spacial score (nSPS) is 11.0. The van der Waals surface area contributed by atoms with Gasteiger partial charge in [0, 0.05) is 19.5 Å². The molecule has 0 atom stereocenters. The maximum absolute atomic E-state index is 12.9. The molecule has 1 aromatic rings. The number of hydrogen-bond acceptors (Lipinski definition) is 2. The molecule has 0 unspecified atom stereocenters. The average Bonchev–Trinajstić information content (AvgIpc) is 2.46. The fourth-order valence-electron chi connectivity index (χ4n) is 2.11. The van der Waals surface area contributed by atoms with Crippen LogP contribution in [0.4, 0.5) is 24.5 Å². The summed E-state index contributed by atoms with van der Waals surface area (Å²) < 4.78 is 38.8. The summed E-state index contributed by atoms with van der Waals surface area (Å²) in [5.41, 5.74) is -0.158. The molecule has 6 heteroatoms. The number of rotatable bonds is 8. The molecule has 0 spiro atoms. The monoisotopic (exact) mass is 326 g/mol. The van der Waals surface area contributed by atoms with Crippen molar-refractivity contribution in [2.75, 3.05) is 23.3 Å². The average molecular weight is 326 g/mol. The molecule has 0 aliphatic heterocycles. The van der Waals surface area contributed by atoms with E-state index < -0.39 is 11.7 Å². The quantitative estimate of drug-likeness (QED) is 0.707. The Morgan fingerprint density at radius 3 is 2.35 bits per heavy atom. The van der Waals surface area contributed by atoms with Crippen LogP contribution in [0, 0.1) is 0 Å². The molecule has 0 heterocycles. The van der Waals surface area contributed by atoms with Crippen LogP contribution < -0.4 is 10.2 Å². The summed E-state index contributed by atoms with van der Waals surface area (Å²) in [6, 6.07) is 3.32. The highest BCUT2D eigenvalue weighted by Gasteiger charge is 2.31. The van der Waals surface area contributed by atoms with E-state index in [1.165, 1.54) is 6.07 Å². The minimum absolute atomic E-state index is 0.141. The van der Waals surface area contributed by atoms with Gasteiger partial charge in [-0.3, -0.25) is 4.79 Å². The second kappa shape index (κ2) is 8.41. The van der Waals surface area contributed by atoms with Crippen molar-refractivity contribution >= 4 is 17.3 Å². The van der Waals surface area contributed by atoms with Crippen LogP contribution in [0.1, 0.15) is 25.3 Å². The van der Waals surface area contributed by atoms with Gasteiger partial charge < -0.3 is 10.2 Å².